The second-order valence-corrected chi connectivity index (χ2v) is 13.6. The van der Waals surface area contributed by atoms with E-state index in [4.69, 9.17) is 28.1 Å². The number of rotatable bonds is 2. The molecule has 10 aromatic rings. The summed E-state index contributed by atoms with van der Waals surface area (Å²) >= 11 is 1.76. The van der Waals surface area contributed by atoms with Gasteiger partial charge in [0.1, 0.15) is 11.2 Å². The van der Waals surface area contributed by atoms with E-state index >= 15 is 0 Å². The van der Waals surface area contributed by atoms with Crippen LogP contribution in [0.2, 0.25) is 0 Å². The van der Waals surface area contributed by atoms with Crippen LogP contribution in [0, 0.1) is 0 Å². The average molecular weight is 645 g/mol. The molecule has 11 rings (SSSR count). The molecule has 0 spiro atoms. The van der Waals surface area contributed by atoms with Crippen molar-refractivity contribution in [2.45, 2.75) is 19.3 Å². The third-order valence-corrected chi connectivity index (χ3v) is 10.8. The van der Waals surface area contributed by atoms with Crippen molar-refractivity contribution < 1.29 is 19.5 Å². The first-order valence-electron chi connectivity index (χ1n) is 20.9. The summed E-state index contributed by atoms with van der Waals surface area (Å²) in [6, 6.07) is 14.8. The number of para-hydroxylation sites is 4. The Labute approximate surface area is 295 Å². The minimum atomic E-state index is -0.587. The minimum Gasteiger partial charge on any atom is -0.455 e. The summed E-state index contributed by atoms with van der Waals surface area (Å²) in [5.41, 5.74) is 4.24. The highest BCUT2D eigenvalue weighted by atomic mass is 32.1. The molecule has 5 heteroatoms. The van der Waals surface area contributed by atoms with E-state index in [1.165, 1.54) is 14.8 Å². The predicted octanol–water partition coefficient (Wildman–Crippen LogP) is 11.8. The Morgan fingerprint density at radius 2 is 1.52 bits per heavy atom. The lowest BCUT2D eigenvalue weighted by Gasteiger charge is -2.35. The normalized spacial score (nSPS) is 17.0. The molecule has 0 saturated heterocycles. The molecule has 6 aromatic carbocycles. The maximum atomic E-state index is 9.20. The van der Waals surface area contributed by atoms with Crippen LogP contribution in [0.3, 0.4) is 0 Å². The molecular formula is C43H27N3OS. The van der Waals surface area contributed by atoms with Crippen LogP contribution in [-0.4, -0.2) is 14.5 Å². The Balaban J connectivity index is 1.25. The van der Waals surface area contributed by atoms with Crippen molar-refractivity contribution in [1.29, 1.82) is 0 Å². The number of furan rings is 1. The standard InChI is InChI=1S/C43H27N3OS/c1-43(2)31-17-10-16-30-38(31)46(39-28-13-5-8-20-36(28)48-41(30)39)34-22-21-24(23-32(34)43)42-44-33-18-6-3-12-27(33)37(45-42)29-15-9-14-26-25-11-4-7-19-35(25)47-40(26)29/h3-23H,1-2H3/i3D,4D,6D,7D,9D,11D,12D,14D,15D,18D,19D. The van der Waals surface area contributed by atoms with E-state index in [1.54, 1.807) is 11.3 Å². The van der Waals surface area contributed by atoms with Gasteiger partial charge in [0.25, 0.3) is 0 Å². The van der Waals surface area contributed by atoms with Crippen LogP contribution in [0.4, 0.5) is 0 Å². The van der Waals surface area contributed by atoms with Gasteiger partial charge in [-0.15, -0.1) is 11.3 Å². The largest absolute Gasteiger partial charge is 0.455 e. The molecular weight excluding hydrogens is 607 g/mol. The van der Waals surface area contributed by atoms with Gasteiger partial charge in [-0.1, -0.05) is 98.6 Å². The Morgan fingerprint density at radius 1 is 0.708 bits per heavy atom. The van der Waals surface area contributed by atoms with Gasteiger partial charge in [-0.25, -0.2) is 9.97 Å². The van der Waals surface area contributed by atoms with E-state index in [9.17, 15) is 1.37 Å². The van der Waals surface area contributed by atoms with Crippen LogP contribution < -0.4 is 0 Å². The maximum Gasteiger partial charge on any atom is 0.160 e. The van der Waals surface area contributed by atoms with E-state index < -0.39 is 71.9 Å². The molecule has 1 aliphatic heterocycles. The van der Waals surface area contributed by atoms with Crippen molar-refractivity contribution in [1.82, 2.24) is 14.5 Å². The van der Waals surface area contributed by atoms with Crippen molar-refractivity contribution >= 4 is 75.4 Å². The molecule has 48 heavy (non-hydrogen) atoms. The lowest BCUT2D eigenvalue weighted by atomic mass is 9.74. The molecule has 0 N–H and O–H groups in total. The number of hydrogen-bond acceptors (Lipinski definition) is 4. The summed E-state index contributed by atoms with van der Waals surface area (Å²) in [6.45, 7) is 4.31. The van der Waals surface area contributed by atoms with Crippen LogP contribution in [0.1, 0.15) is 40.1 Å². The summed E-state index contributed by atoms with van der Waals surface area (Å²) in [5, 5.41) is 1.87. The topological polar surface area (TPSA) is 43.9 Å². The van der Waals surface area contributed by atoms with Gasteiger partial charge in [0.05, 0.1) is 47.7 Å². The lowest BCUT2D eigenvalue weighted by Crippen LogP contribution is -2.26. The Kier molecular flexibility index (Phi) is 3.43. The van der Waals surface area contributed by atoms with Crippen molar-refractivity contribution in [2.24, 2.45) is 0 Å². The Morgan fingerprint density at radius 3 is 2.46 bits per heavy atom. The van der Waals surface area contributed by atoms with Crippen LogP contribution in [0.5, 0.6) is 0 Å². The summed E-state index contributed by atoms with van der Waals surface area (Å²) in [4.78, 5) is 9.72. The van der Waals surface area contributed by atoms with Crippen molar-refractivity contribution in [3.8, 4) is 28.3 Å². The van der Waals surface area contributed by atoms with Crippen LogP contribution >= 0.6 is 11.3 Å². The molecule has 4 aromatic heterocycles. The summed E-state index contributed by atoms with van der Waals surface area (Å²) in [6.07, 6.45) is 0. The fourth-order valence-corrected chi connectivity index (χ4v) is 8.65. The summed E-state index contributed by atoms with van der Waals surface area (Å²) in [7, 11) is 0. The third-order valence-electron chi connectivity index (χ3n) is 9.65. The lowest BCUT2D eigenvalue weighted by molar-refractivity contribution is 0.630. The van der Waals surface area contributed by atoms with Gasteiger partial charge in [0.2, 0.25) is 0 Å². The highest BCUT2D eigenvalue weighted by molar-refractivity contribution is 7.26. The second-order valence-electron chi connectivity index (χ2n) is 12.5. The molecule has 0 saturated carbocycles. The van der Waals surface area contributed by atoms with Gasteiger partial charge in [-0.2, -0.15) is 0 Å². The van der Waals surface area contributed by atoms with E-state index in [1.807, 2.05) is 30.3 Å². The van der Waals surface area contributed by atoms with E-state index in [2.05, 4.69) is 48.7 Å². The van der Waals surface area contributed by atoms with Gasteiger partial charge >= 0.3 is 0 Å². The summed E-state index contributed by atoms with van der Waals surface area (Å²) < 4.78 is 107. The molecule has 0 fully saturated rings. The molecule has 0 unspecified atom stereocenters. The Bertz CT molecular complexity index is 3630. The molecule has 4 nitrogen and oxygen atoms in total. The van der Waals surface area contributed by atoms with Crippen molar-refractivity contribution in [3.63, 3.8) is 0 Å². The number of thiophene rings is 1. The van der Waals surface area contributed by atoms with Gasteiger partial charge in [0, 0.05) is 48.2 Å². The van der Waals surface area contributed by atoms with Gasteiger partial charge < -0.3 is 8.98 Å². The number of hydrogen-bond donors (Lipinski definition) is 0. The number of nitrogens with zero attached hydrogens (tertiary/aromatic N) is 3. The number of aromatic nitrogens is 3. The average Bonchev–Trinajstić information content (AvgIpc) is 3.91. The van der Waals surface area contributed by atoms with E-state index in [0.29, 0.717) is 5.56 Å². The molecule has 0 aliphatic carbocycles. The van der Waals surface area contributed by atoms with Crippen LogP contribution in [-0.2, 0) is 5.41 Å². The predicted molar refractivity (Wildman–Crippen MR) is 200 cm³/mol. The van der Waals surface area contributed by atoms with E-state index in [0.717, 1.165) is 33.2 Å². The van der Waals surface area contributed by atoms with Crippen LogP contribution in [0.15, 0.2) is 132 Å². The zero-order chi connectivity index (χ0) is 41.3. The molecule has 5 heterocycles. The second kappa shape index (κ2) is 9.18. The van der Waals surface area contributed by atoms with Gasteiger partial charge in [0.15, 0.2) is 5.82 Å². The SMILES string of the molecule is [2H]c1c([2H])c([2H])c2c(-c3c([2H])c([2H])c([2H])c4c3oc3c([2H])c([2H])c([2H])c([2H])c34)nc(-c3ccc4c(c3)C(C)(C)c3cccc5c6sc7ccccc7c6n-4c35)nc2c1[2H]. The van der Waals surface area contributed by atoms with E-state index in [-0.39, 0.29) is 49.9 Å². The maximum absolute atomic E-state index is 9.20. The highest BCUT2D eigenvalue weighted by Crippen LogP contribution is 2.51. The first-order chi connectivity index (χ1) is 28.1. The fraction of sp³-hybridized carbons (Fsp3) is 0.0698. The number of benzene rings is 6. The molecule has 0 amide bonds. The first kappa shape index (κ1) is 17.9. The van der Waals surface area contributed by atoms with Gasteiger partial charge in [-0.3, -0.25) is 0 Å². The first-order valence-corrected chi connectivity index (χ1v) is 16.3. The highest BCUT2D eigenvalue weighted by Gasteiger charge is 2.36. The molecule has 1 aliphatic rings. The zero-order valence-corrected chi connectivity index (χ0v) is 26.2. The molecule has 0 atom stereocenters. The number of fused-ring (bicyclic) bond motifs is 11. The zero-order valence-electron chi connectivity index (χ0n) is 36.4. The Hall–Kier alpha value is -5.78. The monoisotopic (exact) mass is 644 g/mol. The third kappa shape index (κ3) is 3.33. The quantitative estimate of drug-likeness (QED) is 0.188. The minimum absolute atomic E-state index is 0.0631. The van der Waals surface area contributed by atoms with Gasteiger partial charge in [-0.05, 0) is 53.5 Å². The van der Waals surface area contributed by atoms with Crippen molar-refractivity contribution in [2.75, 3.05) is 0 Å². The molecule has 0 radical (unpaired) electrons. The fourth-order valence-electron chi connectivity index (χ4n) is 7.44. The molecule has 226 valence electrons. The van der Waals surface area contributed by atoms with Crippen molar-refractivity contribution in [3.05, 3.63) is 138 Å². The smallest absolute Gasteiger partial charge is 0.160 e. The molecule has 0 bridgehead atoms. The van der Waals surface area contributed by atoms with Crippen LogP contribution in [0.25, 0.3) is 92.4 Å². The summed E-state index contributed by atoms with van der Waals surface area (Å²) in [5.74, 6) is 0.0631.